The molecule has 0 N–H and O–H groups in total. The van der Waals surface area contributed by atoms with Gasteiger partial charge in [0.25, 0.3) is 0 Å². The number of carbonyl (C=O) groups is 1. The maximum Gasteiger partial charge on any atom is 0.363 e. The molecular weight excluding hydrogens is 592 g/mol. The summed E-state index contributed by atoms with van der Waals surface area (Å²) in [6.07, 6.45) is 1.57. The quantitative estimate of drug-likeness (QED) is 0.192. The van der Waals surface area contributed by atoms with Crippen LogP contribution in [0.5, 0.6) is 11.5 Å². The van der Waals surface area contributed by atoms with Gasteiger partial charge in [-0.2, -0.15) is 0 Å². The van der Waals surface area contributed by atoms with Crippen LogP contribution in [0.3, 0.4) is 0 Å². The summed E-state index contributed by atoms with van der Waals surface area (Å²) in [6, 6.07) is 17.3. The minimum atomic E-state index is -0.613. The van der Waals surface area contributed by atoms with Gasteiger partial charge in [-0.05, 0) is 98.2 Å². The van der Waals surface area contributed by atoms with E-state index in [2.05, 4.69) is 43.5 Å². The van der Waals surface area contributed by atoms with E-state index in [-0.39, 0.29) is 11.6 Å². The fraction of sp³-hybridized carbons (Fsp3) is 0.0833. The van der Waals surface area contributed by atoms with Crippen LogP contribution in [0.25, 0.3) is 6.08 Å². The van der Waals surface area contributed by atoms with Crippen LogP contribution < -0.4 is 9.47 Å². The van der Waals surface area contributed by atoms with Crippen molar-refractivity contribution in [1.82, 2.24) is 0 Å². The predicted molar refractivity (Wildman–Crippen MR) is 131 cm³/mol. The molecule has 0 amide bonds. The third kappa shape index (κ3) is 5.18. The molecule has 0 bridgehead atoms. The van der Waals surface area contributed by atoms with E-state index in [1.165, 1.54) is 18.2 Å². The molecule has 0 aliphatic carbocycles. The smallest absolute Gasteiger partial charge is 0.363 e. The van der Waals surface area contributed by atoms with Crippen LogP contribution in [0.2, 0.25) is 0 Å². The highest BCUT2D eigenvalue weighted by Gasteiger charge is 2.24. The summed E-state index contributed by atoms with van der Waals surface area (Å²) in [5.74, 6) is 0.0553. The second kappa shape index (κ2) is 9.83. The number of carbonyl (C=O) groups excluding carboxylic acids is 1. The third-order valence-corrected chi connectivity index (χ3v) is 5.78. The van der Waals surface area contributed by atoms with Gasteiger partial charge in [-0.15, -0.1) is 0 Å². The van der Waals surface area contributed by atoms with Gasteiger partial charge in [0.2, 0.25) is 5.90 Å². The average Bonchev–Trinajstić information content (AvgIpc) is 3.13. The number of hydrogen-bond donors (Lipinski definition) is 0. The Morgan fingerprint density at radius 3 is 2.72 bits per heavy atom. The van der Waals surface area contributed by atoms with Crippen LogP contribution in [-0.2, 0) is 16.1 Å². The molecule has 1 heterocycles. The van der Waals surface area contributed by atoms with Crippen LogP contribution >= 0.6 is 38.5 Å². The first-order valence-corrected chi connectivity index (χ1v) is 11.3. The molecule has 4 rings (SSSR count). The fourth-order valence-corrected chi connectivity index (χ4v) is 4.24. The summed E-state index contributed by atoms with van der Waals surface area (Å²) in [5.41, 5.74) is 2.18. The summed E-state index contributed by atoms with van der Waals surface area (Å²) in [4.78, 5) is 16.5. The Hall–Kier alpha value is -2.72. The predicted octanol–water partition coefficient (Wildman–Crippen LogP) is 6.12. The highest BCUT2D eigenvalue weighted by atomic mass is 127. The first kappa shape index (κ1) is 22.5. The van der Waals surface area contributed by atoms with Gasteiger partial charge in [0.05, 0.1) is 11.6 Å². The minimum Gasteiger partial charge on any atom is -0.493 e. The molecule has 3 aromatic rings. The van der Waals surface area contributed by atoms with Crippen LogP contribution in [-0.4, -0.2) is 19.0 Å². The van der Waals surface area contributed by atoms with Crippen LogP contribution in [0.4, 0.5) is 4.39 Å². The van der Waals surface area contributed by atoms with Crippen molar-refractivity contribution in [3.8, 4) is 11.5 Å². The van der Waals surface area contributed by atoms with E-state index in [0.717, 1.165) is 9.13 Å². The number of rotatable bonds is 6. The molecule has 0 radical (unpaired) electrons. The first-order valence-electron chi connectivity index (χ1n) is 9.46. The monoisotopic (exact) mass is 607 g/mol. The zero-order valence-corrected chi connectivity index (χ0v) is 20.5. The number of ether oxygens (including phenoxy) is 3. The van der Waals surface area contributed by atoms with Gasteiger partial charge in [-0.3, -0.25) is 0 Å². The molecule has 0 aromatic heterocycles. The van der Waals surface area contributed by atoms with E-state index in [9.17, 15) is 9.18 Å². The summed E-state index contributed by atoms with van der Waals surface area (Å²) < 4.78 is 31.9. The molecule has 1 aliphatic heterocycles. The van der Waals surface area contributed by atoms with E-state index in [0.29, 0.717) is 33.7 Å². The summed E-state index contributed by atoms with van der Waals surface area (Å²) in [6.45, 7) is 0.375. The van der Waals surface area contributed by atoms with E-state index >= 15 is 0 Å². The van der Waals surface area contributed by atoms with Crippen molar-refractivity contribution in [2.45, 2.75) is 6.61 Å². The van der Waals surface area contributed by atoms with E-state index in [4.69, 9.17) is 14.2 Å². The van der Waals surface area contributed by atoms with Crippen molar-refractivity contribution in [3.05, 3.63) is 96.9 Å². The standard InChI is InChI=1S/C24H16BrFINO4/c1-30-21-11-15(9-19(25)22(21)31-13-14-4-2-7-18(27)8-14)10-20-24(29)32-23(28-20)16-5-3-6-17(26)12-16/h2-12H,13H2,1H3/b20-10-. The molecule has 162 valence electrons. The van der Waals surface area contributed by atoms with Crippen molar-refractivity contribution in [2.24, 2.45) is 4.99 Å². The molecule has 0 spiro atoms. The largest absolute Gasteiger partial charge is 0.493 e. The van der Waals surface area contributed by atoms with Gasteiger partial charge >= 0.3 is 5.97 Å². The first-order chi connectivity index (χ1) is 15.4. The molecule has 0 atom stereocenters. The molecule has 3 aromatic carbocycles. The minimum absolute atomic E-state index is 0.0595. The highest BCUT2D eigenvalue weighted by molar-refractivity contribution is 14.1. The molecule has 8 heteroatoms. The Kier molecular flexibility index (Phi) is 6.90. The van der Waals surface area contributed by atoms with E-state index in [1.807, 2.05) is 24.3 Å². The molecule has 0 fully saturated rings. The summed E-state index contributed by atoms with van der Waals surface area (Å²) >= 11 is 5.77. The number of cyclic esters (lactones) is 1. The molecule has 0 saturated carbocycles. The number of benzene rings is 3. The summed E-state index contributed by atoms with van der Waals surface area (Å²) in [5, 5.41) is 0. The van der Waals surface area contributed by atoms with Crippen LogP contribution in [0.15, 0.2) is 75.8 Å². The number of nitrogens with zero attached hydrogens (tertiary/aromatic N) is 1. The van der Waals surface area contributed by atoms with Gasteiger partial charge in [0.15, 0.2) is 17.2 Å². The van der Waals surface area contributed by atoms with Gasteiger partial charge in [-0.1, -0.05) is 18.2 Å². The van der Waals surface area contributed by atoms with Crippen molar-refractivity contribution >= 4 is 56.5 Å². The number of aliphatic imine (C=N–C) groups is 1. The van der Waals surface area contributed by atoms with E-state index in [1.54, 1.807) is 31.4 Å². The Balaban J connectivity index is 1.59. The Morgan fingerprint density at radius 1 is 1.16 bits per heavy atom. The van der Waals surface area contributed by atoms with Crippen LogP contribution in [0.1, 0.15) is 16.7 Å². The molecule has 1 aliphatic rings. The lowest BCUT2D eigenvalue weighted by molar-refractivity contribution is -0.129. The molecule has 5 nitrogen and oxygen atoms in total. The van der Waals surface area contributed by atoms with Gasteiger partial charge in [-0.25, -0.2) is 14.2 Å². The topological polar surface area (TPSA) is 57.1 Å². The van der Waals surface area contributed by atoms with E-state index < -0.39 is 11.8 Å². The summed E-state index contributed by atoms with van der Waals surface area (Å²) in [7, 11) is 1.54. The van der Waals surface area contributed by atoms with Crippen LogP contribution in [0, 0.1) is 9.39 Å². The lowest BCUT2D eigenvalue weighted by Crippen LogP contribution is -2.05. The molecule has 0 unspecified atom stereocenters. The van der Waals surface area contributed by atoms with Crippen molar-refractivity contribution in [1.29, 1.82) is 0 Å². The molecular formula is C24H16BrFINO4. The fourth-order valence-electron chi connectivity index (χ4n) is 3.06. The zero-order valence-electron chi connectivity index (χ0n) is 16.8. The van der Waals surface area contributed by atoms with Crippen molar-refractivity contribution in [2.75, 3.05) is 7.11 Å². The van der Waals surface area contributed by atoms with Crippen molar-refractivity contribution < 1.29 is 23.4 Å². The average molecular weight is 608 g/mol. The Morgan fingerprint density at radius 2 is 1.97 bits per heavy atom. The second-order valence-electron chi connectivity index (χ2n) is 6.80. The highest BCUT2D eigenvalue weighted by Crippen LogP contribution is 2.38. The normalized spacial score (nSPS) is 14.3. The third-order valence-electron chi connectivity index (χ3n) is 4.52. The number of halogens is 3. The van der Waals surface area contributed by atoms with Crippen molar-refractivity contribution in [3.63, 3.8) is 0 Å². The number of methoxy groups -OCH3 is 1. The van der Waals surface area contributed by atoms with Gasteiger partial charge < -0.3 is 14.2 Å². The lowest BCUT2D eigenvalue weighted by atomic mass is 10.1. The molecule has 32 heavy (non-hydrogen) atoms. The Labute approximate surface area is 206 Å². The zero-order chi connectivity index (χ0) is 22.7. The van der Waals surface area contributed by atoms with Gasteiger partial charge in [0, 0.05) is 9.13 Å². The maximum atomic E-state index is 13.5. The molecule has 0 saturated heterocycles. The lowest BCUT2D eigenvalue weighted by Gasteiger charge is -2.14. The Bertz CT molecular complexity index is 1260. The number of hydrogen-bond acceptors (Lipinski definition) is 5. The SMILES string of the molecule is COc1cc(/C=C2\N=C(c3cccc(F)c3)OC2=O)cc(Br)c1OCc1cccc(I)c1. The van der Waals surface area contributed by atoms with Gasteiger partial charge in [0.1, 0.15) is 12.4 Å². The number of esters is 1. The maximum absolute atomic E-state index is 13.5. The second-order valence-corrected chi connectivity index (χ2v) is 8.90.